The fraction of sp³-hybridized carbons (Fsp3) is 0.435. The van der Waals surface area contributed by atoms with Crippen LogP contribution in [-0.4, -0.2) is 25.2 Å². The minimum atomic E-state index is 0.0139. The molecule has 0 atom stereocenters. The summed E-state index contributed by atoms with van der Waals surface area (Å²) in [6.45, 7) is 3.25. The van der Waals surface area contributed by atoms with Crippen LogP contribution in [0.5, 0.6) is 11.5 Å². The first-order chi connectivity index (χ1) is 13.2. The molecule has 144 valence electrons. The Kier molecular flexibility index (Phi) is 7.14. The number of carbonyl (C=O) groups is 1. The summed E-state index contributed by atoms with van der Waals surface area (Å²) < 4.78 is 11.5. The normalized spacial score (nSPS) is 14.6. The fourth-order valence-electron chi connectivity index (χ4n) is 3.36. The molecule has 2 aromatic carbocycles. The summed E-state index contributed by atoms with van der Waals surface area (Å²) in [7, 11) is 0. The molecule has 0 radical (unpaired) electrons. The number of amides is 1. The van der Waals surface area contributed by atoms with Gasteiger partial charge < -0.3 is 14.8 Å². The van der Waals surface area contributed by atoms with E-state index in [2.05, 4.69) is 18.3 Å². The Morgan fingerprint density at radius 2 is 1.67 bits per heavy atom. The number of hydrogen-bond donors (Lipinski definition) is 1. The first-order valence-electron chi connectivity index (χ1n) is 9.94. The van der Waals surface area contributed by atoms with Crippen LogP contribution >= 0.6 is 0 Å². The van der Waals surface area contributed by atoms with E-state index in [1.165, 1.54) is 24.8 Å². The van der Waals surface area contributed by atoms with Crippen LogP contribution in [0.4, 0.5) is 0 Å². The lowest BCUT2D eigenvalue weighted by molar-refractivity contribution is 0.0927. The topological polar surface area (TPSA) is 47.6 Å². The van der Waals surface area contributed by atoms with E-state index in [1.54, 1.807) is 0 Å². The van der Waals surface area contributed by atoms with E-state index in [-0.39, 0.29) is 5.91 Å². The predicted octanol–water partition coefficient (Wildman–Crippen LogP) is 4.91. The summed E-state index contributed by atoms with van der Waals surface area (Å²) in [4.78, 5) is 12.3. The highest BCUT2D eigenvalue weighted by Gasteiger charge is 2.16. The van der Waals surface area contributed by atoms with E-state index in [9.17, 15) is 4.79 Å². The van der Waals surface area contributed by atoms with Crippen molar-refractivity contribution in [1.29, 1.82) is 0 Å². The quantitative estimate of drug-likeness (QED) is 0.675. The van der Waals surface area contributed by atoms with E-state index >= 15 is 0 Å². The van der Waals surface area contributed by atoms with Gasteiger partial charge in [0.25, 0.3) is 5.91 Å². The molecule has 0 bridgehead atoms. The summed E-state index contributed by atoms with van der Waals surface area (Å²) in [5, 5.41) is 3.14. The van der Waals surface area contributed by atoms with Crippen LogP contribution in [0.1, 0.15) is 54.4 Å². The molecule has 27 heavy (non-hydrogen) atoms. The molecule has 0 spiro atoms. The van der Waals surface area contributed by atoms with Crippen LogP contribution in [-0.2, 0) is 0 Å². The van der Waals surface area contributed by atoms with Gasteiger partial charge in [-0.05, 0) is 61.7 Å². The van der Waals surface area contributed by atoms with E-state index < -0.39 is 0 Å². The monoisotopic (exact) mass is 367 g/mol. The number of hydrogen-bond acceptors (Lipinski definition) is 3. The fourth-order valence-corrected chi connectivity index (χ4v) is 3.36. The van der Waals surface area contributed by atoms with Crippen LogP contribution in [0, 0.1) is 6.92 Å². The zero-order valence-corrected chi connectivity index (χ0v) is 16.1. The van der Waals surface area contributed by atoms with Gasteiger partial charge in [-0.15, -0.1) is 0 Å². The minimum absolute atomic E-state index is 0.0139. The maximum absolute atomic E-state index is 12.3. The second-order valence-corrected chi connectivity index (χ2v) is 7.20. The number of aryl methyl sites for hydroxylation is 1. The van der Waals surface area contributed by atoms with Crippen LogP contribution in [0.2, 0.25) is 0 Å². The average Bonchev–Trinajstić information content (AvgIpc) is 2.69. The van der Waals surface area contributed by atoms with Gasteiger partial charge in [0.2, 0.25) is 0 Å². The van der Waals surface area contributed by atoms with Gasteiger partial charge in [0.15, 0.2) is 0 Å². The molecule has 2 aromatic rings. The van der Waals surface area contributed by atoms with Crippen molar-refractivity contribution in [3.63, 3.8) is 0 Å². The van der Waals surface area contributed by atoms with Crippen molar-refractivity contribution in [2.75, 3.05) is 13.2 Å². The number of benzene rings is 2. The lowest BCUT2D eigenvalue weighted by atomic mass is 9.95. The molecular weight excluding hydrogens is 338 g/mol. The van der Waals surface area contributed by atoms with E-state index in [1.807, 2.05) is 42.5 Å². The van der Waals surface area contributed by atoms with Gasteiger partial charge in [-0.3, -0.25) is 4.79 Å². The Morgan fingerprint density at radius 3 is 2.37 bits per heavy atom. The molecular formula is C23H29NO3. The van der Waals surface area contributed by atoms with Crippen LogP contribution < -0.4 is 14.8 Å². The molecule has 1 aliphatic rings. The molecule has 3 rings (SSSR count). The molecule has 1 amide bonds. The Morgan fingerprint density at radius 1 is 0.963 bits per heavy atom. The Hall–Kier alpha value is -2.49. The lowest BCUT2D eigenvalue weighted by Gasteiger charge is -2.22. The van der Waals surface area contributed by atoms with Crippen LogP contribution in [0.3, 0.4) is 0 Å². The van der Waals surface area contributed by atoms with Crippen molar-refractivity contribution in [2.24, 2.45) is 0 Å². The van der Waals surface area contributed by atoms with E-state index in [0.717, 1.165) is 30.8 Å². The zero-order valence-electron chi connectivity index (χ0n) is 16.1. The second kappa shape index (κ2) is 10.0. The molecule has 1 fully saturated rings. The molecule has 0 unspecified atom stereocenters. The highest BCUT2D eigenvalue weighted by Crippen LogP contribution is 2.19. The summed E-state index contributed by atoms with van der Waals surface area (Å²) in [6, 6.07) is 15.7. The Labute approximate surface area is 161 Å². The number of rotatable bonds is 8. The van der Waals surface area contributed by atoms with Crippen molar-refractivity contribution in [3.8, 4) is 11.5 Å². The Balaban J connectivity index is 1.36. The van der Waals surface area contributed by atoms with Gasteiger partial charge in [0.1, 0.15) is 11.5 Å². The molecule has 0 heterocycles. The van der Waals surface area contributed by atoms with Crippen LogP contribution in [0.25, 0.3) is 0 Å². The van der Waals surface area contributed by atoms with Gasteiger partial charge >= 0.3 is 0 Å². The largest absolute Gasteiger partial charge is 0.493 e. The van der Waals surface area contributed by atoms with E-state index in [4.69, 9.17) is 9.47 Å². The molecule has 0 aromatic heterocycles. The smallest absolute Gasteiger partial charge is 0.251 e. The maximum atomic E-state index is 12.3. The number of ether oxygens (including phenoxy) is 2. The third-order valence-electron chi connectivity index (χ3n) is 4.87. The van der Waals surface area contributed by atoms with Gasteiger partial charge in [-0.2, -0.15) is 0 Å². The van der Waals surface area contributed by atoms with Crippen molar-refractivity contribution >= 4 is 5.91 Å². The SMILES string of the molecule is Cc1cccc(OCCCOc2ccc(C(=O)NC3CCCCC3)cc2)c1. The van der Waals surface area contributed by atoms with Gasteiger partial charge in [0, 0.05) is 18.0 Å². The summed E-state index contributed by atoms with van der Waals surface area (Å²) in [5.74, 6) is 1.68. The molecule has 0 aliphatic heterocycles. The second-order valence-electron chi connectivity index (χ2n) is 7.20. The molecule has 4 nitrogen and oxygen atoms in total. The number of nitrogens with one attached hydrogen (secondary N) is 1. The van der Waals surface area contributed by atoms with Gasteiger partial charge in [-0.1, -0.05) is 31.4 Å². The summed E-state index contributed by atoms with van der Waals surface area (Å²) in [5.41, 5.74) is 1.88. The predicted molar refractivity (Wildman–Crippen MR) is 108 cm³/mol. The van der Waals surface area contributed by atoms with Crippen LogP contribution in [0.15, 0.2) is 48.5 Å². The highest BCUT2D eigenvalue weighted by atomic mass is 16.5. The van der Waals surface area contributed by atoms with Crippen molar-refractivity contribution in [3.05, 3.63) is 59.7 Å². The summed E-state index contributed by atoms with van der Waals surface area (Å²) in [6.07, 6.45) is 6.71. The standard InChI is InChI=1S/C23H29NO3/c1-18-7-5-10-22(17-18)27-16-6-15-26-21-13-11-19(12-14-21)23(25)24-20-8-3-2-4-9-20/h5,7,10-14,17,20H,2-4,6,8-9,15-16H2,1H3,(H,24,25). The van der Waals surface area contributed by atoms with Crippen molar-refractivity contribution in [2.45, 2.75) is 51.5 Å². The summed E-state index contributed by atoms with van der Waals surface area (Å²) >= 11 is 0. The molecule has 1 aliphatic carbocycles. The maximum Gasteiger partial charge on any atom is 0.251 e. The molecule has 1 saturated carbocycles. The third kappa shape index (κ3) is 6.31. The van der Waals surface area contributed by atoms with Gasteiger partial charge in [-0.25, -0.2) is 0 Å². The minimum Gasteiger partial charge on any atom is -0.493 e. The number of carbonyl (C=O) groups excluding carboxylic acids is 1. The third-order valence-corrected chi connectivity index (χ3v) is 4.87. The molecule has 1 N–H and O–H groups in total. The van der Waals surface area contributed by atoms with Gasteiger partial charge in [0.05, 0.1) is 13.2 Å². The van der Waals surface area contributed by atoms with Crippen molar-refractivity contribution < 1.29 is 14.3 Å². The molecule has 0 saturated heterocycles. The zero-order chi connectivity index (χ0) is 18.9. The van der Waals surface area contributed by atoms with E-state index in [0.29, 0.717) is 24.8 Å². The highest BCUT2D eigenvalue weighted by molar-refractivity contribution is 5.94. The van der Waals surface area contributed by atoms with Crippen molar-refractivity contribution in [1.82, 2.24) is 5.32 Å². The lowest BCUT2D eigenvalue weighted by Crippen LogP contribution is -2.36. The molecule has 4 heteroatoms. The average molecular weight is 367 g/mol. The Bertz CT molecular complexity index is 721. The first kappa shape index (κ1) is 19.3. The first-order valence-corrected chi connectivity index (χ1v) is 9.94.